The van der Waals surface area contributed by atoms with Crippen LogP contribution in [0.25, 0.3) is 11.0 Å². The van der Waals surface area contributed by atoms with Gasteiger partial charge in [0.2, 0.25) is 0 Å². The first-order valence-electron chi connectivity index (χ1n) is 6.22. The van der Waals surface area contributed by atoms with Crippen molar-refractivity contribution in [2.45, 2.75) is 19.3 Å². The van der Waals surface area contributed by atoms with Gasteiger partial charge in [-0.1, -0.05) is 11.6 Å². The maximum atomic E-state index is 11.3. The van der Waals surface area contributed by atoms with Crippen LogP contribution in [0.5, 0.6) is 0 Å². The Bertz CT molecular complexity index is 629. The van der Waals surface area contributed by atoms with Gasteiger partial charge in [0.15, 0.2) is 0 Å². The minimum atomic E-state index is -0.400. The van der Waals surface area contributed by atoms with Crippen LogP contribution in [0.3, 0.4) is 0 Å². The molecule has 0 N–H and O–H groups in total. The summed E-state index contributed by atoms with van der Waals surface area (Å²) in [6.45, 7) is 2.13. The van der Waals surface area contributed by atoms with E-state index in [0.29, 0.717) is 10.6 Å². The summed E-state index contributed by atoms with van der Waals surface area (Å²) in [7, 11) is 0. The summed E-state index contributed by atoms with van der Waals surface area (Å²) in [4.78, 5) is 13.7. The number of halogens is 1. The summed E-state index contributed by atoms with van der Waals surface area (Å²) >= 11 is 6.03. The molecule has 0 amide bonds. The smallest absolute Gasteiger partial charge is 0.337 e. The van der Waals surface area contributed by atoms with Crippen molar-refractivity contribution in [1.29, 1.82) is 0 Å². The van der Waals surface area contributed by atoms with Crippen molar-refractivity contribution < 1.29 is 4.42 Å². The Morgan fingerprint density at radius 3 is 2.67 bits per heavy atom. The molecule has 1 aromatic carbocycles. The van der Waals surface area contributed by atoms with Crippen LogP contribution < -0.4 is 10.5 Å². The van der Waals surface area contributed by atoms with Gasteiger partial charge < -0.3 is 9.32 Å². The van der Waals surface area contributed by atoms with Gasteiger partial charge in [0.1, 0.15) is 5.58 Å². The predicted molar refractivity (Wildman–Crippen MR) is 73.6 cm³/mol. The fourth-order valence-corrected chi connectivity index (χ4v) is 2.71. The normalized spacial score (nSPS) is 16.2. The van der Waals surface area contributed by atoms with Crippen molar-refractivity contribution in [1.82, 2.24) is 0 Å². The molecule has 2 aromatic rings. The molecular weight excluding hydrogens is 250 g/mol. The lowest BCUT2D eigenvalue weighted by Gasteiger charge is -2.28. The number of rotatable bonds is 1. The summed E-state index contributed by atoms with van der Waals surface area (Å²) in [6.07, 6.45) is 3.74. The van der Waals surface area contributed by atoms with Crippen LogP contribution in [-0.2, 0) is 0 Å². The molecule has 94 valence electrons. The quantitative estimate of drug-likeness (QED) is 0.739. The molecule has 0 spiro atoms. The Labute approximate surface area is 110 Å². The molecule has 0 saturated carbocycles. The van der Waals surface area contributed by atoms with Crippen LogP contribution in [0.15, 0.2) is 33.5 Å². The highest BCUT2D eigenvalue weighted by Gasteiger charge is 2.12. The van der Waals surface area contributed by atoms with Gasteiger partial charge in [-0.3, -0.25) is 0 Å². The van der Waals surface area contributed by atoms with E-state index in [-0.39, 0.29) is 0 Å². The molecule has 0 radical (unpaired) electrons. The molecule has 0 atom stereocenters. The molecule has 2 heterocycles. The van der Waals surface area contributed by atoms with Crippen LogP contribution in [0.2, 0.25) is 5.02 Å². The highest BCUT2D eigenvalue weighted by Crippen LogP contribution is 2.27. The molecule has 1 aromatic heterocycles. The van der Waals surface area contributed by atoms with Crippen LogP contribution in [-0.4, -0.2) is 13.1 Å². The van der Waals surface area contributed by atoms with Gasteiger partial charge in [-0.2, -0.15) is 0 Å². The second-order valence-corrected chi connectivity index (χ2v) is 5.05. The van der Waals surface area contributed by atoms with Crippen LogP contribution >= 0.6 is 11.6 Å². The van der Waals surface area contributed by atoms with Crippen molar-refractivity contribution in [2.24, 2.45) is 0 Å². The maximum Gasteiger partial charge on any atom is 0.337 e. The first kappa shape index (κ1) is 11.6. The third-order valence-corrected chi connectivity index (χ3v) is 3.71. The van der Waals surface area contributed by atoms with E-state index in [1.54, 1.807) is 0 Å². The van der Waals surface area contributed by atoms with Crippen molar-refractivity contribution >= 4 is 28.3 Å². The summed E-state index contributed by atoms with van der Waals surface area (Å²) in [5.74, 6) is 0. The third kappa shape index (κ3) is 2.10. The molecule has 1 fully saturated rings. The third-order valence-electron chi connectivity index (χ3n) is 3.40. The van der Waals surface area contributed by atoms with Gasteiger partial charge in [0, 0.05) is 36.3 Å². The monoisotopic (exact) mass is 263 g/mol. The van der Waals surface area contributed by atoms with E-state index < -0.39 is 5.63 Å². The summed E-state index contributed by atoms with van der Waals surface area (Å²) in [5, 5.41) is 1.24. The van der Waals surface area contributed by atoms with E-state index in [2.05, 4.69) is 4.90 Å². The predicted octanol–water partition coefficient (Wildman–Crippen LogP) is 3.44. The molecule has 1 saturated heterocycles. The molecule has 3 nitrogen and oxygen atoms in total. The number of hydrogen-bond donors (Lipinski definition) is 0. The molecule has 1 aliphatic heterocycles. The summed E-state index contributed by atoms with van der Waals surface area (Å²) in [6, 6.07) is 7.18. The van der Waals surface area contributed by atoms with Crippen molar-refractivity contribution in [3.8, 4) is 0 Å². The topological polar surface area (TPSA) is 33.5 Å². The van der Waals surface area contributed by atoms with E-state index in [0.717, 1.165) is 24.2 Å². The molecule has 3 rings (SSSR count). The first-order valence-corrected chi connectivity index (χ1v) is 6.60. The number of anilines is 1. The largest absolute Gasteiger partial charge is 0.423 e. The van der Waals surface area contributed by atoms with E-state index >= 15 is 0 Å². The molecule has 1 aliphatic rings. The van der Waals surface area contributed by atoms with Crippen LogP contribution in [0.4, 0.5) is 5.69 Å². The molecular formula is C14H14ClNO2. The van der Waals surface area contributed by atoms with Crippen LogP contribution in [0, 0.1) is 0 Å². The number of piperidine rings is 1. The lowest BCUT2D eigenvalue weighted by atomic mass is 10.1. The first-order chi connectivity index (χ1) is 8.74. The zero-order valence-electron chi connectivity index (χ0n) is 9.99. The van der Waals surface area contributed by atoms with E-state index in [1.165, 1.54) is 25.3 Å². The highest BCUT2D eigenvalue weighted by molar-refractivity contribution is 6.35. The standard InChI is InChI=1S/C14H14ClNO2/c15-12-9-14(17)18-13-8-10(4-5-11(12)13)16-6-2-1-3-7-16/h4-5,8-9H,1-3,6-7H2. The molecule has 4 heteroatoms. The Morgan fingerprint density at radius 1 is 1.11 bits per heavy atom. The van der Waals surface area contributed by atoms with Crippen molar-refractivity contribution in [2.75, 3.05) is 18.0 Å². The molecule has 0 unspecified atom stereocenters. The highest BCUT2D eigenvalue weighted by atomic mass is 35.5. The van der Waals surface area contributed by atoms with Gasteiger partial charge in [0.25, 0.3) is 0 Å². The Kier molecular flexibility index (Phi) is 3.00. The van der Waals surface area contributed by atoms with Gasteiger partial charge in [-0.05, 0) is 31.4 Å². The summed E-state index contributed by atoms with van der Waals surface area (Å²) < 4.78 is 5.21. The van der Waals surface area contributed by atoms with E-state index in [9.17, 15) is 4.79 Å². The molecule has 0 aliphatic carbocycles. The molecule has 18 heavy (non-hydrogen) atoms. The number of nitrogens with zero attached hydrogens (tertiary/aromatic N) is 1. The van der Waals surface area contributed by atoms with Gasteiger partial charge in [0.05, 0.1) is 5.02 Å². The summed E-state index contributed by atoms with van der Waals surface area (Å²) in [5.41, 5.74) is 1.27. The Morgan fingerprint density at radius 2 is 1.89 bits per heavy atom. The van der Waals surface area contributed by atoms with E-state index in [4.69, 9.17) is 16.0 Å². The van der Waals surface area contributed by atoms with Gasteiger partial charge in [-0.15, -0.1) is 0 Å². The van der Waals surface area contributed by atoms with Crippen molar-refractivity contribution in [3.63, 3.8) is 0 Å². The average Bonchev–Trinajstić information content (AvgIpc) is 2.39. The minimum Gasteiger partial charge on any atom is -0.423 e. The zero-order chi connectivity index (χ0) is 12.5. The SMILES string of the molecule is O=c1cc(Cl)c2ccc(N3CCCCC3)cc2o1. The fraction of sp³-hybridized carbons (Fsp3) is 0.357. The Hall–Kier alpha value is -1.48. The maximum absolute atomic E-state index is 11.3. The zero-order valence-corrected chi connectivity index (χ0v) is 10.7. The lowest BCUT2D eigenvalue weighted by Crippen LogP contribution is -2.29. The van der Waals surface area contributed by atoms with E-state index in [1.807, 2.05) is 18.2 Å². The number of fused-ring (bicyclic) bond motifs is 1. The van der Waals surface area contributed by atoms with Gasteiger partial charge in [-0.25, -0.2) is 4.79 Å². The number of benzene rings is 1. The molecule has 0 bridgehead atoms. The average molecular weight is 264 g/mol. The van der Waals surface area contributed by atoms with Crippen LogP contribution in [0.1, 0.15) is 19.3 Å². The van der Waals surface area contributed by atoms with Gasteiger partial charge >= 0.3 is 5.63 Å². The number of hydrogen-bond acceptors (Lipinski definition) is 3. The minimum absolute atomic E-state index is 0.400. The second-order valence-electron chi connectivity index (χ2n) is 4.64. The Balaban J connectivity index is 2.07. The second kappa shape index (κ2) is 4.65. The fourth-order valence-electron chi connectivity index (χ4n) is 2.46. The lowest BCUT2D eigenvalue weighted by molar-refractivity contribution is 0.558. The van der Waals surface area contributed by atoms with Crippen molar-refractivity contribution in [3.05, 3.63) is 39.7 Å².